The van der Waals surface area contributed by atoms with E-state index in [0.717, 1.165) is 44.2 Å². The summed E-state index contributed by atoms with van der Waals surface area (Å²) in [5.41, 5.74) is 2.40. The highest BCUT2D eigenvalue weighted by Gasteiger charge is 2.13. The van der Waals surface area contributed by atoms with Crippen LogP contribution in [0.2, 0.25) is 0 Å². The van der Waals surface area contributed by atoms with Crippen LogP contribution in [0.25, 0.3) is 0 Å². The minimum atomic E-state index is 0.867. The topological polar surface area (TPSA) is 50.1 Å². The third-order valence-electron chi connectivity index (χ3n) is 4.35. The van der Waals surface area contributed by atoms with Gasteiger partial charge < -0.3 is 4.90 Å². The second-order valence-electron chi connectivity index (χ2n) is 6.26. The van der Waals surface area contributed by atoms with Crippen LogP contribution in [0, 0.1) is 0 Å². The first-order valence-electron chi connectivity index (χ1n) is 8.50. The SMILES string of the molecule is CCN(Cc1cnc(N2CCCCC2)nc1)Cc1cnn(C)c1. The Morgan fingerprint density at radius 1 is 1.00 bits per heavy atom. The molecule has 6 heteroatoms. The fourth-order valence-electron chi connectivity index (χ4n) is 3.04. The van der Waals surface area contributed by atoms with Gasteiger partial charge in [-0.3, -0.25) is 9.58 Å². The van der Waals surface area contributed by atoms with Crippen molar-refractivity contribution < 1.29 is 0 Å². The standard InChI is InChI=1S/C17H26N6/c1-3-22(14-16-11-20-21(2)12-16)13-15-9-18-17(19-10-15)23-7-5-4-6-8-23/h9-12H,3-8,13-14H2,1-2H3. The molecule has 0 unspecified atom stereocenters. The Labute approximate surface area is 138 Å². The molecule has 2 aromatic heterocycles. The largest absolute Gasteiger partial charge is 0.341 e. The summed E-state index contributed by atoms with van der Waals surface area (Å²) in [5.74, 6) is 0.878. The minimum absolute atomic E-state index is 0.867. The number of rotatable bonds is 6. The first kappa shape index (κ1) is 15.9. The Morgan fingerprint density at radius 2 is 1.70 bits per heavy atom. The number of piperidine rings is 1. The molecule has 6 nitrogen and oxygen atoms in total. The molecule has 124 valence electrons. The monoisotopic (exact) mass is 314 g/mol. The average molecular weight is 314 g/mol. The summed E-state index contributed by atoms with van der Waals surface area (Å²) >= 11 is 0. The number of hydrogen-bond acceptors (Lipinski definition) is 5. The van der Waals surface area contributed by atoms with Gasteiger partial charge in [-0.05, 0) is 25.8 Å². The third kappa shape index (κ3) is 4.28. The van der Waals surface area contributed by atoms with Gasteiger partial charge in [0.25, 0.3) is 0 Å². The van der Waals surface area contributed by atoms with Crippen molar-refractivity contribution in [3.8, 4) is 0 Å². The van der Waals surface area contributed by atoms with E-state index in [-0.39, 0.29) is 0 Å². The van der Waals surface area contributed by atoms with Gasteiger partial charge in [0, 0.05) is 62.9 Å². The van der Waals surface area contributed by atoms with Crippen LogP contribution in [0.3, 0.4) is 0 Å². The first-order valence-corrected chi connectivity index (χ1v) is 8.50. The lowest BCUT2D eigenvalue weighted by atomic mass is 10.1. The zero-order chi connectivity index (χ0) is 16.1. The van der Waals surface area contributed by atoms with Crippen molar-refractivity contribution >= 4 is 5.95 Å². The van der Waals surface area contributed by atoms with Gasteiger partial charge in [0.05, 0.1) is 6.20 Å². The Hall–Kier alpha value is -1.95. The van der Waals surface area contributed by atoms with Crippen molar-refractivity contribution in [2.75, 3.05) is 24.5 Å². The van der Waals surface area contributed by atoms with E-state index >= 15 is 0 Å². The number of aryl methyl sites for hydroxylation is 1. The molecule has 23 heavy (non-hydrogen) atoms. The third-order valence-corrected chi connectivity index (χ3v) is 4.35. The molecule has 0 aliphatic carbocycles. The predicted octanol–water partition coefficient (Wildman–Crippen LogP) is 2.22. The fraction of sp³-hybridized carbons (Fsp3) is 0.588. The van der Waals surface area contributed by atoms with E-state index in [2.05, 4.69) is 38.0 Å². The van der Waals surface area contributed by atoms with Gasteiger partial charge in [-0.1, -0.05) is 6.92 Å². The van der Waals surface area contributed by atoms with Gasteiger partial charge in [-0.25, -0.2) is 9.97 Å². The second-order valence-corrected chi connectivity index (χ2v) is 6.26. The van der Waals surface area contributed by atoms with Gasteiger partial charge in [-0.15, -0.1) is 0 Å². The predicted molar refractivity (Wildman–Crippen MR) is 91.1 cm³/mol. The molecular weight excluding hydrogens is 288 g/mol. The zero-order valence-electron chi connectivity index (χ0n) is 14.1. The molecular formula is C17H26N6. The van der Waals surface area contributed by atoms with Crippen LogP contribution in [-0.4, -0.2) is 44.3 Å². The van der Waals surface area contributed by atoms with E-state index in [1.807, 2.05) is 30.3 Å². The van der Waals surface area contributed by atoms with Gasteiger partial charge in [-0.2, -0.15) is 5.10 Å². The normalized spacial score (nSPS) is 15.3. The highest BCUT2D eigenvalue weighted by atomic mass is 15.3. The van der Waals surface area contributed by atoms with E-state index in [0.29, 0.717) is 0 Å². The van der Waals surface area contributed by atoms with E-state index in [1.54, 1.807) is 0 Å². The summed E-state index contributed by atoms with van der Waals surface area (Å²) in [7, 11) is 1.95. The molecule has 3 heterocycles. The van der Waals surface area contributed by atoms with E-state index in [4.69, 9.17) is 0 Å². The molecule has 0 aromatic carbocycles. The molecule has 0 bridgehead atoms. The van der Waals surface area contributed by atoms with Crippen LogP contribution in [0.4, 0.5) is 5.95 Å². The molecule has 1 fully saturated rings. The lowest BCUT2D eigenvalue weighted by Gasteiger charge is -2.26. The molecule has 0 radical (unpaired) electrons. The quantitative estimate of drug-likeness (QED) is 0.818. The molecule has 2 aromatic rings. The maximum Gasteiger partial charge on any atom is 0.225 e. The molecule has 1 aliphatic rings. The van der Waals surface area contributed by atoms with Crippen molar-refractivity contribution in [1.29, 1.82) is 0 Å². The van der Waals surface area contributed by atoms with Crippen molar-refractivity contribution in [1.82, 2.24) is 24.6 Å². The van der Waals surface area contributed by atoms with Crippen LogP contribution in [-0.2, 0) is 20.1 Å². The molecule has 0 N–H and O–H groups in total. The Bertz CT molecular complexity index is 600. The molecule has 0 atom stereocenters. The van der Waals surface area contributed by atoms with Gasteiger partial charge in [0.15, 0.2) is 0 Å². The smallest absolute Gasteiger partial charge is 0.225 e. The summed E-state index contributed by atoms with van der Waals surface area (Å²) < 4.78 is 1.85. The second kappa shape index (κ2) is 7.55. The molecule has 1 aliphatic heterocycles. The van der Waals surface area contributed by atoms with Gasteiger partial charge in [0.1, 0.15) is 0 Å². The molecule has 0 spiro atoms. The summed E-state index contributed by atoms with van der Waals surface area (Å²) in [5, 5.41) is 4.23. The van der Waals surface area contributed by atoms with Crippen molar-refractivity contribution in [2.45, 2.75) is 39.3 Å². The summed E-state index contributed by atoms with van der Waals surface area (Å²) in [6.45, 7) is 7.11. The summed E-state index contributed by atoms with van der Waals surface area (Å²) in [6, 6.07) is 0. The molecule has 0 saturated carbocycles. The highest BCUT2D eigenvalue weighted by Crippen LogP contribution is 2.16. The van der Waals surface area contributed by atoms with Crippen molar-refractivity contribution in [3.05, 3.63) is 35.9 Å². The summed E-state index contributed by atoms with van der Waals surface area (Å²) in [6.07, 6.45) is 11.8. The first-order chi connectivity index (χ1) is 11.2. The summed E-state index contributed by atoms with van der Waals surface area (Å²) in [4.78, 5) is 13.8. The van der Waals surface area contributed by atoms with Gasteiger partial charge in [0.2, 0.25) is 5.95 Å². The van der Waals surface area contributed by atoms with Crippen LogP contribution in [0.1, 0.15) is 37.3 Å². The van der Waals surface area contributed by atoms with Gasteiger partial charge >= 0.3 is 0 Å². The Morgan fingerprint density at radius 3 is 2.30 bits per heavy atom. The lowest BCUT2D eigenvalue weighted by Crippen LogP contribution is -2.31. The van der Waals surface area contributed by atoms with Crippen LogP contribution in [0.15, 0.2) is 24.8 Å². The fourth-order valence-corrected chi connectivity index (χ4v) is 3.04. The number of aromatic nitrogens is 4. The van der Waals surface area contributed by atoms with E-state index in [9.17, 15) is 0 Å². The van der Waals surface area contributed by atoms with Crippen molar-refractivity contribution in [3.63, 3.8) is 0 Å². The average Bonchev–Trinajstić information content (AvgIpc) is 3.00. The molecule has 3 rings (SSSR count). The van der Waals surface area contributed by atoms with Crippen LogP contribution in [0.5, 0.6) is 0 Å². The molecule has 0 amide bonds. The number of hydrogen-bond donors (Lipinski definition) is 0. The Kier molecular flexibility index (Phi) is 5.23. The maximum absolute atomic E-state index is 4.57. The molecule has 1 saturated heterocycles. The highest BCUT2D eigenvalue weighted by molar-refractivity contribution is 5.30. The maximum atomic E-state index is 4.57. The van der Waals surface area contributed by atoms with E-state index < -0.39 is 0 Å². The zero-order valence-corrected chi connectivity index (χ0v) is 14.1. The lowest BCUT2D eigenvalue weighted by molar-refractivity contribution is 0.270. The van der Waals surface area contributed by atoms with Crippen molar-refractivity contribution in [2.24, 2.45) is 7.05 Å². The van der Waals surface area contributed by atoms with Crippen LogP contribution >= 0.6 is 0 Å². The number of anilines is 1. The van der Waals surface area contributed by atoms with E-state index in [1.165, 1.54) is 24.8 Å². The van der Waals surface area contributed by atoms with Crippen LogP contribution < -0.4 is 4.90 Å². The number of nitrogens with zero attached hydrogens (tertiary/aromatic N) is 6. The Balaban J connectivity index is 1.59. The minimum Gasteiger partial charge on any atom is -0.341 e.